The fourth-order valence-electron chi connectivity index (χ4n) is 2.80. The van der Waals surface area contributed by atoms with Gasteiger partial charge in [0.15, 0.2) is 0 Å². The molecule has 1 fully saturated rings. The predicted molar refractivity (Wildman–Crippen MR) is 95.5 cm³/mol. The zero-order valence-corrected chi connectivity index (χ0v) is 14.4. The van der Waals surface area contributed by atoms with Gasteiger partial charge in [-0.15, -0.1) is 0 Å². The van der Waals surface area contributed by atoms with E-state index in [1.54, 1.807) is 41.3 Å². The number of carbonyl (C=O) groups is 3. The van der Waals surface area contributed by atoms with E-state index in [1.807, 2.05) is 0 Å². The third-order valence-corrected chi connectivity index (χ3v) is 4.21. The monoisotopic (exact) mass is 355 g/mol. The maximum atomic E-state index is 12.1. The molecule has 0 unspecified atom stereocenters. The quantitative estimate of drug-likeness (QED) is 0.827. The van der Waals surface area contributed by atoms with Crippen molar-refractivity contribution in [2.24, 2.45) is 0 Å². The SMILES string of the molecule is O=C(CNC(=O)c1ccc(N2CCCCC2=O)cc1)NCc1ccco1. The maximum Gasteiger partial charge on any atom is 0.251 e. The standard InChI is InChI=1S/C19H21N3O4/c23-17(20-12-16-4-3-11-26-16)13-21-19(25)14-6-8-15(9-7-14)22-10-2-1-5-18(22)24/h3-4,6-9,11H,1-2,5,10,12-13H2,(H,20,23)(H,21,25). The Kier molecular flexibility index (Phi) is 5.68. The number of nitrogens with zero attached hydrogens (tertiary/aromatic N) is 1. The van der Waals surface area contributed by atoms with Crippen molar-refractivity contribution in [3.63, 3.8) is 0 Å². The minimum atomic E-state index is -0.338. The number of anilines is 1. The van der Waals surface area contributed by atoms with E-state index in [1.165, 1.54) is 6.26 Å². The van der Waals surface area contributed by atoms with E-state index >= 15 is 0 Å². The molecule has 3 rings (SSSR count). The lowest BCUT2D eigenvalue weighted by molar-refractivity contribution is -0.120. The lowest BCUT2D eigenvalue weighted by Crippen LogP contribution is -2.36. The first kappa shape index (κ1) is 17.7. The molecule has 7 heteroatoms. The zero-order chi connectivity index (χ0) is 18.4. The molecule has 1 aliphatic heterocycles. The van der Waals surface area contributed by atoms with Crippen LogP contribution in [0.5, 0.6) is 0 Å². The summed E-state index contributed by atoms with van der Waals surface area (Å²) in [6.45, 7) is 0.867. The van der Waals surface area contributed by atoms with Crippen LogP contribution in [0.2, 0.25) is 0 Å². The van der Waals surface area contributed by atoms with E-state index in [0.29, 0.717) is 24.3 Å². The molecule has 1 aromatic carbocycles. The predicted octanol–water partition coefficient (Wildman–Crippen LogP) is 1.84. The van der Waals surface area contributed by atoms with Crippen LogP contribution in [0, 0.1) is 0 Å². The molecule has 1 aromatic heterocycles. The van der Waals surface area contributed by atoms with E-state index < -0.39 is 0 Å². The van der Waals surface area contributed by atoms with Crippen LogP contribution in [0.4, 0.5) is 5.69 Å². The second-order valence-corrected chi connectivity index (χ2v) is 6.09. The van der Waals surface area contributed by atoms with E-state index in [0.717, 1.165) is 18.5 Å². The lowest BCUT2D eigenvalue weighted by atomic mass is 10.1. The molecule has 7 nitrogen and oxygen atoms in total. The normalized spacial score (nSPS) is 14.2. The summed E-state index contributed by atoms with van der Waals surface area (Å²) in [6.07, 6.45) is 4.01. The van der Waals surface area contributed by atoms with Gasteiger partial charge in [-0.05, 0) is 49.2 Å². The van der Waals surface area contributed by atoms with Crippen molar-refractivity contribution in [2.45, 2.75) is 25.8 Å². The van der Waals surface area contributed by atoms with Gasteiger partial charge in [-0.1, -0.05) is 0 Å². The number of furan rings is 1. The summed E-state index contributed by atoms with van der Waals surface area (Å²) in [7, 11) is 0. The molecule has 136 valence electrons. The Hall–Kier alpha value is -3.09. The molecule has 3 amide bonds. The van der Waals surface area contributed by atoms with Crippen molar-refractivity contribution in [2.75, 3.05) is 18.0 Å². The van der Waals surface area contributed by atoms with Gasteiger partial charge in [0.2, 0.25) is 11.8 Å². The smallest absolute Gasteiger partial charge is 0.251 e. The van der Waals surface area contributed by atoms with Crippen LogP contribution < -0.4 is 15.5 Å². The van der Waals surface area contributed by atoms with Crippen LogP contribution >= 0.6 is 0 Å². The average molecular weight is 355 g/mol. The van der Waals surface area contributed by atoms with E-state index in [4.69, 9.17) is 4.42 Å². The van der Waals surface area contributed by atoms with E-state index in [9.17, 15) is 14.4 Å². The molecular formula is C19H21N3O4. The molecule has 26 heavy (non-hydrogen) atoms. The molecule has 0 atom stereocenters. The Balaban J connectivity index is 1.48. The van der Waals surface area contributed by atoms with Crippen LogP contribution in [0.15, 0.2) is 47.1 Å². The number of nitrogens with one attached hydrogen (secondary N) is 2. The zero-order valence-electron chi connectivity index (χ0n) is 14.4. The molecule has 0 aliphatic carbocycles. The molecule has 2 aromatic rings. The van der Waals surface area contributed by atoms with Gasteiger partial charge in [0.05, 0.1) is 19.4 Å². The van der Waals surface area contributed by atoms with Gasteiger partial charge in [-0.25, -0.2) is 0 Å². The minimum absolute atomic E-state index is 0.113. The Morgan fingerprint density at radius 1 is 1.08 bits per heavy atom. The van der Waals surface area contributed by atoms with Crippen molar-refractivity contribution in [1.29, 1.82) is 0 Å². The van der Waals surface area contributed by atoms with Crippen LogP contribution in [-0.4, -0.2) is 30.8 Å². The average Bonchev–Trinajstić information content (AvgIpc) is 3.18. The van der Waals surface area contributed by atoms with Gasteiger partial charge in [0, 0.05) is 24.2 Å². The lowest BCUT2D eigenvalue weighted by Gasteiger charge is -2.26. The van der Waals surface area contributed by atoms with Crippen molar-refractivity contribution < 1.29 is 18.8 Å². The number of rotatable bonds is 6. The highest BCUT2D eigenvalue weighted by Gasteiger charge is 2.19. The topological polar surface area (TPSA) is 91.7 Å². The van der Waals surface area contributed by atoms with Crippen molar-refractivity contribution in [3.05, 3.63) is 54.0 Å². The molecular weight excluding hydrogens is 334 g/mol. The summed E-state index contributed by atoms with van der Waals surface area (Å²) in [5.74, 6) is 0.120. The summed E-state index contributed by atoms with van der Waals surface area (Å²) in [4.78, 5) is 37.6. The summed E-state index contributed by atoms with van der Waals surface area (Å²) in [5, 5.41) is 5.23. The molecule has 0 radical (unpaired) electrons. The van der Waals surface area contributed by atoms with Gasteiger partial charge in [0.1, 0.15) is 5.76 Å². The molecule has 0 saturated carbocycles. The first-order valence-electron chi connectivity index (χ1n) is 8.61. The summed E-state index contributed by atoms with van der Waals surface area (Å²) < 4.78 is 5.12. The second-order valence-electron chi connectivity index (χ2n) is 6.09. The number of carbonyl (C=O) groups excluding carboxylic acids is 3. The van der Waals surface area contributed by atoms with Crippen LogP contribution in [0.3, 0.4) is 0 Å². The van der Waals surface area contributed by atoms with Gasteiger partial charge >= 0.3 is 0 Å². The number of piperidine rings is 1. The third-order valence-electron chi connectivity index (χ3n) is 4.21. The van der Waals surface area contributed by atoms with Gasteiger partial charge < -0.3 is 20.0 Å². The molecule has 2 heterocycles. The Morgan fingerprint density at radius 2 is 1.88 bits per heavy atom. The molecule has 1 aliphatic rings. The Bertz CT molecular complexity index is 769. The van der Waals surface area contributed by atoms with Gasteiger partial charge in [-0.2, -0.15) is 0 Å². The maximum absolute atomic E-state index is 12.1. The highest BCUT2D eigenvalue weighted by Crippen LogP contribution is 2.21. The molecule has 0 spiro atoms. The minimum Gasteiger partial charge on any atom is -0.467 e. The van der Waals surface area contributed by atoms with Crippen molar-refractivity contribution in [3.8, 4) is 0 Å². The van der Waals surface area contributed by atoms with Crippen LogP contribution in [0.1, 0.15) is 35.4 Å². The Labute approximate surface area is 151 Å². The highest BCUT2D eigenvalue weighted by atomic mass is 16.3. The first-order chi connectivity index (χ1) is 12.6. The largest absolute Gasteiger partial charge is 0.467 e. The molecule has 2 N–H and O–H groups in total. The number of hydrogen-bond donors (Lipinski definition) is 2. The van der Waals surface area contributed by atoms with Crippen molar-refractivity contribution in [1.82, 2.24) is 10.6 Å². The van der Waals surface area contributed by atoms with Crippen LogP contribution in [0.25, 0.3) is 0 Å². The number of benzene rings is 1. The number of amides is 3. The summed E-state index contributed by atoms with van der Waals surface area (Å²) in [6, 6.07) is 10.3. The fraction of sp³-hybridized carbons (Fsp3) is 0.316. The second kappa shape index (κ2) is 8.33. The van der Waals surface area contributed by atoms with Crippen LogP contribution in [-0.2, 0) is 16.1 Å². The Morgan fingerprint density at radius 3 is 2.58 bits per heavy atom. The van der Waals surface area contributed by atoms with Gasteiger partial charge in [-0.3, -0.25) is 14.4 Å². The van der Waals surface area contributed by atoms with Gasteiger partial charge in [0.25, 0.3) is 5.91 Å². The number of hydrogen-bond acceptors (Lipinski definition) is 4. The highest BCUT2D eigenvalue weighted by molar-refractivity contribution is 5.98. The van der Waals surface area contributed by atoms with E-state index in [2.05, 4.69) is 10.6 Å². The van der Waals surface area contributed by atoms with Crippen molar-refractivity contribution >= 4 is 23.4 Å². The van der Waals surface area contributed by atoms with E-state index in [-0.39, 0.29) is 30.8 Å². The first-order valence-corrected chi connectivity index (χ1v) is 8.61. The molecule has 0 bridgehead atoms. The summed E-state index contributed by atoms with van der Waals surface area (Å²) >= 11 is 0. The third kappa shape index (κ3) is 4.50. The fourth-order valence-corrected chi connectivity index (χ4v) is 2.80. The summed E-state index contributed by atoms with van der Waals surface area (Å²) in [5.41, 5.74) is 1.24. The molecule has 1 saturated heterocycles.